The maximum atomic E-state index is 12.1. The van der Waals surface area contributed by atoms with Gasteiger partial charge < -0.3 is 4.74 Å². The van der Waals surface area contributed by atoms with Gasteiger partial charge in [0.05, 0.1) is 18.2 Å². The maximum absolute atomic E-state index is 12.1. The van der Waals surface area contributed by atoms with Gasteiger partial charge in [-0.1, -0.05) is 19.8 Å². The van der Waals surface area contributed by atoms with Gasteiger partial charge in [-0.05, 0) is 32.1 Å². The summed E-state index contributed by atoms with van der Waals surface area (Å²) in [7, 11) is 0. The lowest BCUT2D eigenvalue weighted by Crippen LogP contribution is -2.30. The third kappa shape index (κ3) is 2.50. The molecule has 0 radical (unpaired) electrons. The number of imidazole rings is 1. The summed E-state index contributed by atoms with van der Waals surface area (Å²) in [6.45, 7) is 3.62. The molecule has 1 saturated carbocycles. The van der Waals surface area contributed by atoms with Crippen molar-refractivity contribution in [3.63, 3.8) is 0 Å². The zero-order chi connectivity index (χ0) is 13.3. The molecule has 0 amide bonds. The Morgan fingerprint density at radius 2 is 2.00 bits per heavy atom. The second-order valence-corrected chi connectivity index (χ2v) is 6.10. The van der Waals surface area contributed by atoms with Crippen molar-refractivity contribution >= 4 is 0 Å². The first-order valence-electron chi connectivity index (χ1n) is 7.66. The first-order valence-corrected chi connectivity index (χ1v) is 7.66. The van der Waals surface area contributed by atoms with Crippen LogP contribution in [0.15, 0.2) is 17.2 Å². The summed E-state index contributed by atoms with van der Waals surface area (Å²) in [5.41, 5.74) is 0.276. The van der Waals surface area contributed by atoms with E-state index < -0.39 is 0 Å². The van der Waals surface area contributed by atoms with Crippen molar-refractivity contribution in [2.75, 3.05) is 0 Å². The molecule has 0 N–H and O–H groups in total. The van der Waals surface area contributed by atoms with Crippen LogP contribution >= 0.6 is 0 Å². The van der Waals surface area contributed by atoms with E-state index in [1.165, 1.54) is 32.1 Å². The summed E-state index contributed by atoms with van der Waals surface area (Å²) in [5.74, 6) is 0. The quantitative estimate of drug-likeness (QED) is 0.838. The fourth-order valence-electron chi connectivity index (χ4n) is 3.63. The minimum atomic E-state index is 0.109. The monoisotopic (exact) mass is 264 g/mol. The van der Waals surface area contributed by atoms with Crippen LogP contribution in [0.2, 0.25) is 0 Å². The molecule has 1 aromatic rings. The predicted molar refractivity (Wildman–Crippen MR) is 74.3 cm³/mol. The zero-order valence-electron chi connectivity index (χ0n) is 11.8. The fraction of sp³-hybridized carbons (Fsp3) is 0.800. The summed E-state index contributed by atoms with van der Waals surface area (Å²) in [6, 6.07) is 0. The summed E-state index contributed by atoms with van der Waals surface area (Å²) >= 11 is 0. The third-order valence-electron chi connectivity index (χ3n) is 4.64. The summed E-state index contributed by atoms with van der Waals surface area (Å²) < 4.78 is 9.87. The Hall–Kier alpha value is -1.03. The molecular weight excluding hydrogens is 240 g/mol. The van der Waals surface area contributed by atoms with Gasteiger partial charge in [0, 0.05) is 18.9 Å². The van der Waals surface area contributed by atoms with Gasteiger partial charge in [-0.2, -0.15) is 0 Å². The number of hydrogen-bond donors (Lipinski definition) is 0. The Labute approximate surface area is 114 Å². The predicted octanol–water partition coefficient (Wildman–Crippen LogP) is 2.55. The molecular formula is C15H24N2O2. The van der Waals surface area contributed by atoms with E-state index in [-0.39, 0.29) is 17.4 Å². The van der Waals surface area contributed by atoms with E-state index in [0.29, 0.717) is 0 Å². The topological polar surface area (TPSA) is 36.2 Å². The molecule has 1 aliphatic carbocycles. The van der Waals surface area contributed by atoms with Crippen LogP contribution in [0.3, 0.4) is 0 Å². The molecule has 19 heavy (non-hydrogen) atoms. The first kappa shape index (κ1) is 13.0. The van der Waals surface area contributed by atoms with Crippen molar-refractivity contribution in [1.82, 2.24) is 9.13 Å². The molecule has 1 aromatic heterocycles. The molecule has 0 bridgehead atoms. The first-order chi connectivity index (χ1) is 9.22. The smallest absolute Gasteiger partial charge is 0.328 e. The third-order valence-corrected chi connectivity index (χ3v) is 4.64. The minimum absolute atomic E-state index is 0.109. The lowest BCUT2D eigenvalue weighted by Gasteiger charge is -2.23. The van der Waals surface area contributed by atoms with Gasteiger partial charge in [0.1, 0.15) is 0 Å². The van der Waals surface area contributed by atoms with Crippen LogP contribution in [0.1, 0.15) is 51.9 Å². The summed E-state index contributed by atoms with van der Waals surface area (Å²) in [6.07, 6.45) is 12.4. The standard InChI is InChI=1S/C15H24N2O2/c1-2-9-16-10-11-17(14(16)18)12-13-5-8-15(19-13)6-3-4-7-15/h10-11,13H,2-9,12H2,1H3. The molecule has 4 heteroatoms. The molecule has 1 aliphatic heterocycles. The van der Waals surface area contributed by atoms with Crippen molar-refractivity contribution in [1.29, 1.82) is 0 Å². The van der Waals surface area contributed by atoms with Crippen molar-refractivity contribution in [3.05, 3.63) is 22.9 Å². The molecule has 1 atom stereocenters. The van der Waals surface area contributed by atoms with Crippen molar-refractivity contribution in [2.45, 2.75) is 76.7 Å². The van der Waals surface area contributed by atoms with Crippen LogP contribution in [-0.4, -0.2) is 20.8 Å². The van der Waals surface area contributed by atoms with E-state index in [1.54, 1.807) is 4.57 Å². The molecule has 2 aliphatic rings. The largest absolute Gasteiger partial charge is 0.370 e. The Morgan fingerprint density at radius 3 is 2.74 bits per heavy atom. The van der Waals surface area contributed by atoms with Gasteiger partial charge >= 0.3 is 5.69 Å². The highest BCUT2D eigenvalue weighted by Gasteiger charge is 2.42. The molecule has 2 heterocycles. The average Bonchev–Trinajstić information content (AvgIpc) is 3.10. The lowest BCUT2D eigenvalue weighted by molar-refractivity contribution is -0.0421. The van der Waals surface area contributed by atoms with Crippen LogP contribution < -0.4 is 5.69 Å². The van der Waals surface area contributed by atoms with Crippen LogP contribution in [0.25, 0.3) is 0 Å². The van der Waals surface area contributed by atoms with Crippen LogP contribution in [0, 0.1) is 0 Å². The zero-order valence-corrected chi connectivity index (χ0v) is 11.8. The Morgan fingerprint density at radius 1 is 1.26 bits per heavy atom. The molecule has 106 valence electrons. The van der Waals surface area contributed by atoms with Crippen LogP contribution in [-0.2, 0) is 17.8 Å². The minimum Gasteiger partial charge on any atom is -0.370 e. The van der Waals surface area contributed by atoms with E-state index in [0.717, 1.165) is 25.9 Å². The summed E-state index contributed by atoms with van der Waals surface area (Å²) in [4.78, 5) is 12.1. The molecule has 2 fully saturated rings. The highest BCUT2D eigenvalue weighted by molar-refractivity contribution is 4.93. The number of ether oxygens (including phenoxy) is 1. The number of rotatable bonds is 4. The molecule has 1 saturated heterocycles. The maximum Gasteiger partial charge on any atom is 0.328 e. The Kier molecular flexibility index (Phi) is 3.52. The summed E-state index contributed by atoms with van der Waals surface area (Å²) in [5, 5.41) is 0. The van der Waals surface area contributed by atoms with E-state index in [2.05, 4.69) is 6.92 Å². The van der Waals surface area contributed by atoms with Gasteiger partial charge in [0.25, 0.3) is 0 Å². The Bertz CT molecular complexity index is 483. The van der Waals surface area contributed by atoms with Gasteiger partial charge in [0.2, 0.25) is 0 Å². The molecule has 1 spiro atoms. The highest BCUT2D eigenvalue weighted by Crippen LogP contribution is 2.43. The van der Waals surface area contributed by atoms with Crippen LogP contribution in [0.4, 0.5) is 0 Å². The van der Waals surface area contributed by atoms with E-state index in [9.17, 15) is 4.79 Å². The normalized spacial score (nSPS) is 25.4. The lowest BCUT2D eigenvalue weighted by atomic mass is 9.98. The molecule has 3 rings (SSSR count). The molecule has 1 unspecified atom stereocenters. The van der Waals surface area contributed by atoms with Gasteiger partial charge in [0.15, 0.2) is 0 Å². The number of aromatic nitrogens is 2. The van der Waals surface area contributed by atoms with E-state index in [4.69, 9.17) is 4.74 Å². The second kappa shape index (κ2) is 5.16. The van der Waals surface area contributed by atoms with Gasteiger partial charge in [-0.3, -0.25) is 9.13 Å². The fourth-order valence-corrected chi connectivity index (χ4v) is 3.63. The highest BCUT2D eigenvalue weighted by atomic mass is 16.5. The molecule has 4 nitrogen and oxygen atoms in total. The van der Waals surface area contributed by atoms with Crippen molar-refractivity contribution in [2.24, 2.45) is 0 Å². The number of hydrogen-bond acceptors (Lipinski definition) is 2. The van der Waals surface area contributed by atoms with Gasteiger partial charge in [-0.25, -0.2) is 4.79 Å². The molecule has 0 aromatic carbocycles. The van der Waals surface area contributed by atoms with E-state index >= 15 is 0 Å². The average molecular weight is 264 g/mol. The van der Waals surface area contributed by atoms with Crippen LogP contribution in [0.5, 0.6) is 0 Å². The second-order valence-electron chi connectivity index (χ2n) is 6.10. The SMILES string of the molecule is CCCn1ccn(CC2CCC3(CCCC3)O2)c1=O. The number of nitrogens with zero attached hydrogens (tertiary/aromatic N) is 2. The van der Waals surface area contributed by atoms with Crippen molar-refractivity contribution < 1.29 is 4.74 Å². The number of aryl methyl sites for hydroxylation is 1. The Balaban J connectivity index is 1.65. The van der Waals surface area contributed by atoms with Crippen molar-refractivity contribution in [3.8, 4) is 0 Å². The van der Waals surface area contributed by atoms with Gasteiger partial charge in [-0.15, -0.1) is 0 Å². The van der Waals surface area contributed by atoms with E-state index in [1.807, 2.05) is 17.0 Å².